The van der Waals surface area contributed by atoms with Crippen molar-refractivity contribution in [2.45, 2.75) is 0 Å². The van der Waals surface area contributed by atoms with E-state index in [-0.39, 0.29) is 0 Å². The van der Waals surface area contributed by atoms with Crippen LogP contribution in [0.15, 0.2) is 88.2 Å². The van der Waals surface area contributed by atoms with Crippen LogP contribution in [0.25, 0.3) is 38.7 Å². The number of ether oxygens (including phenoxy) is 1. The maximum atomic E-state index is 12.7. The number of aromatic nitrogens is 2. The molecule has 0 fully saturated rings. The number of H-pyrrole nitrogens is 1. The summed E-state index contributed by atoms with van der Waals surface area (Å²) < 4.78 is 12.4. The third-order valence-electron chi connectivity index (χ3n) is 4.97. The maximum Gasteiger partial charge on any atom is 0.435 e. The normalized spacial score (nSPS) is 11.2. The second-order valence-corrected chi connectivity index (χ2v) is 6.53. The maximum absolute atomic E-state index is 12.7. The number of fused-ring (bicyclic) bond motifs is 3. The summed E-state index contributed by atoms with van der Waals surface area (Å²) in [7, 11) is 1.65. The molecular formula is C23H17N2O3+. The summed E-state index contributed by atoms with van der Waals surface area (Å²) in [6, 6.07) is 25.7. The van der Waals surface area contributed by atoms with Crippen molar-refractivity contribution in [2.75, 3.05) is 7.11 Å². The molecule has 2 heterocycles. The van der Waals surface area contributed by atoms with Gasteiger partial charge in [-0.1, -0.05) is 60.7 Å². The van der Waals surface area contributed by atoms with E-state index in [2.05, 4.69) is 5.27 Å². The topological polar surface area (TPSA) is 59.3 Å². The molecule has 0 aliphatic carbocycles. The van der Waals surface area contributed by atoms with Gasteiger partial charge in [0.1, 0.15) is 5.75 Å². The van der Waals surface area contributed by atoms with Crippen LogP contribution in [0.5, 0.6) is 5.75 Å². The summed E-state index contributed by atoms with van der Waals surface area (Å²) in [6.07, 6.45) is 0. The van der Waals surface area contributed by atoms with Crippen molar-refractivity contribution < 1.29 is 13.8 Å². The Labute approximate surface area is 160 Å². The smallest absolute Gasteiger partial charge is 0.435 e. The first-order chi connectivity index (χ1) is 13.8. The number of hydrogen-bond donors (Lipinski definition) is 1. The van der Waals surface area contributed by atoms with Crippen LogP contribution in [0.3, 0.4) is 0 Å². The van der Waals surface area contributed by atoms with Crippen molar-refractivity contribution in [3.8, 4) is 28.0 Å². The monoisotopic (exact) mass is 369 g/mol. The number of aromatic amines is 1. The average molecular weight is 369 g/mol. The van der Waals surface area contributed by atoms with Crippen LogP contribution >= 0.6 is 0 Å². The summed E-state index contributed by atoms with van der Waals surface area (Å²) >= 11 is 0. The van der Waals surface area contributed by atoms with E-state index in [9.17, 15) is 4.79 Å². The SMILES string of the molecule is COc1ccc2c(c1)c(-c1ccccc1)c(-c1ccccc1)c1c(=O)o[nH][n+]12. The Balaban J connectivity index is 2.07. The highest BCUT2D eigenvalue weighted by atomic mass is 16.5. The molecule has 0 amide bonds. The second kappa shape index (κ2) is 6.39. The summed E-state index contributed by atoms with van der Waals surface area (Å²) in [4.78, 5) is 12.7. The standard InChI is InChI=1S/C23H16N2O3/c1-27-17-12-13-19-18(14-17)20(15-8-4-2-5-9-15)21(16-10-6-3-7-11-16)22-23(26)28-24-25(19)22/h2-14H,1H3/p+1. The van der Waals surface area contributed by atoms with Gasteiger partial charge in [-0.3, -0.25) is 4.52 Å². The average Bonchev–Trinajstić information content (AvgIpc) is 3.15. The van der Waals surface area contributed by atoms with Crippen molar-refractivity contribution >= 4 is 16.4 Å². The summed E-state index contributed by atoms with van der Waals surface area (Å²) in [5.41, 5.74) is 4.64. The number of nitrogens with zero attached hydrogens (tertiary/aromatic N) is 1. The minimum Gasteiger partial charge on any atom is -0.497 e. The Morgan fingerprint density at radius 3 is 2.14 bits per heavy atom. The quantitative estimate of drug-likeness (QED) is 0.485. The fourth-order valence-electron chi connectivity index (χ4n) is 3.74. The molecule has 5 rings (SSSR count). The van der Waals surface area contributed by atoms with Gasteiger partial charge in [0.25, 0.3) is 0 Å². The van der Waals surface area contributed by atoms with E-state index in [1.54, 1.807) is 11.6 Å². The molecule has 0 saturated heterocycles. The number of methoxy groups -OCH3 is 1. The number of nitrogens with one attached hydrogen (secondary N) is 1. The highest BCUT2D eigenvalue weighted by molar-refractivity contribution is 6.05. The van der Waals surface area contributed by atoms with Crippen molar-refractivity contribution in [1.29, 1.82) is 0 Å². The molecule has 3 aromatic carbocycles. The van der Waals surface area contributed by atoms with Crippen LogP contribution in [-0.4, -0.2) is 12.4 Å². The van der Waals surface area contributed by atoms with Crippen molar-refractivity contribution in [3.63, 3.8) is 0 Å². The number of hydrogen-bond acceptors (Lipinski definition) is 3. The minimum absolute atomic E-state index is 0.409. The fraction of sp³-hybridized carbons (Fsp3) is 0.0435. The predicted molar refractivity (Wildman–Crippen MR) is 107 cm³/mol. The van der Waals surface area contributed by atoms with Gasteiger partial charge in [0, 0.05) is 11.6 Å². The molecule has 0 spiro atoms. The lowest BCUT2D eigenvalue weighted by molar-refractivity contribution is -0.567. The zero-order valence-corrected chi connectivity index (χ0v) is 15.2. The van der Waals surface area contributed by atoms with Crippen molar-refractivity contribution in [3.05, 3.63) is 89.3 Å². The molecule has 0 unspecified atom stereocenters. The van der Waals surface area contributed by atoms with Crippen molar-refractivity contribution in [1.82, 2.24) is 5.27 Å². The molecule has 5 heteroatoms. The molecule has 5 nitrogen and oxygen atoms in total. The number of benzene rings is 3. The molecule has 0 atom stereocenters. The highest BCUT2D eigenvalue weighted by Gasteiger charge is 2.28. The molecule has 0 saturated carbocycles. The number of pyridine rings is 1. The lowest BCUT2D eigenvalue weighted by Crippen LogP contribution is -2.27. The Bertz CT molecular complexity index is 1350. The van der Waals surface area contributed by atoms with E-state index in [0.29, 0.717) is 5.52 Å². The molecule has 0 aliphatic rings. The lowest BCUT2D eigenvalue weighted by Gasteiger charge is -2.12. The van der Waals surface area contributed by atoms with Crippen LogP contribution in [0.4, 0.5) is 0 Å². The minimum atomic E-state index is -0.409. The van der Waals surface area contributed by atoms with Crippen LogP contribution in [0.2, 0.25) is 0 Å². The van der Waals surface area contributed by atoms with Gasteiger partial charge in [-0.15, -0.1) is 0 Å². The van der Waals surface area contributed by atoms with Crippen LogP contribution in [0.1, 0.15) is 0 Å². The lowest BCUT2D eigenvalue weighted by atomic mass is 9.91. The van der Waals surface area contributed by atoms with Gasteiger partial charge in [0.05, 0.1) is 18.1 Å². The van der Waals surface area contributed by atoms with E-state index in [0.717, 1.165) is 38.9 Å². The van der Waals surface area contributed by atoms with E-state index in [4.69, 9.17) is 9.26 Å². The van der Waals surface area contributed by atoms with Crippen molar-refractivity contribution in [2.24, 2.45) is 0 Å². The van der Waals surface area contributed by atoms with E-state index >= 15 is 0 Å². The predicted octanol–water partition coefficient (Wildman–Crippen LogP) is 4.20. The molecule has 2 aromatic heterocycles. The van der Waals surface area contributed by atoms with Gasteiger partial charge in [-0.25, -0.2) is 4.79 Å². The Kier molecular flexibility index (Phi) is 3.72. The molecule has 136 valence electrons. The first kappa shape index (κ1) is 16.3. The van der Waals surface area contributed by atoms with E-state index in [1.807, 2.05) is 78.9 Å². The Morgan fingerprint density at radius 2 is 1.50 bits per heavy atom. The largest absolute Gasteiger partial charge is 0.497 e. The zero-order chi connectivity index (χ0) is 19.1. The van der Waals surface area contributed by atoms with E-state index in [1.165, 1.54) is 0 Å². The number of rotatable bonds is 3. The second-order valence-electron chi connectivity index (χ2n) is 6.53. The first-order valence-corrected chi connectivity index (χ1v) is 8.95. The third kappa shape index (κ3) is 2.41. The van der Waals surface area contributed by atoms with Crippen LogP contribution < -0.4 is 14.9 Å². The summed E-state index contributed by atoms with van der Waals surface area (Å²) in [6.45, 7) is 0. The molecule has 0 aliphatic heterocycles. The highest BCUT2D eigenvalue weighted by Crippen LogP contribution is 2.39. The van der Waals surface area contributed by atoms with Gasteiger partial charge >= 0.3 is 11.1 Å². The molecule has 5 aromatic rings. The molecular weight excluding hydrogens is 352 g/mol. The summed E-state index contributed by atoms with van der Waals surface area (Å²) in [5, 5.41) is 3.70. The van der Waals surface area contributed by atoms with Gasteiger partial charge in [0.2, 0.25) is 5.52 Å². The Morgan fingerprint density at radius 1 is 0.857 bits per heavy atom. The van der Waals surface area contributed by atoms with Gasteiger partial charge in [-0.05, 0) is 33.0 Å². The van der Waals surface area contributed by atoms with Crippen LogP contribution in [-0.2, 0) is 0 Å². The zero-order valence-electron chi connectivity index (χ0n) is 15.2. The molecule has 0 radical (unpaired) electrons. The fourth-order valence-corrected chi connectivity index (χ4v) is 3.74. The summed E-state index contributed by atoms with van der Waals surface area (Å²) in [5.74, 6) is 0.745. The van der Waals surface area contributed by atoms with Gasteiger partial charge in [0.15, 0.2) is 0 Å². The van der Waals surface area contributed by atoms with Gasteiger partial charge in [-0.2, -0.15) is 0 Å². The van der Waals surface area contributed by atoms with E-state index < -0.39 is 5.63 Å². The first-order valence-electron chi connectivity index (χ1n) is 8.95. The molecule has 0 bridgehead atoms. The van der Waals surface area contributed by atoms with Gasteiger partial charge < -0.3 is 4.74 Å². The van der Waals surface area contributed by atoms with Crippen LogP contribution in [0, 0.1) is 0 Å². The Hall–Kier alpha value is -3.86. The third-order valence-corrected chi connectivity index (χ3v) is 4.97. The molecule has 28 heavy (non-hydrogen) atoms. The molecule has 1 N–H and O–H groups in total.